The van der Waals surface area contributed by atoms with Crippen molar-refractivity contribution < 1.29 is 18.9 Å². The lowest BCUT2D eigenvalue weighted by molar-refractivity contribution is 0.170. The molecule has 1 atom stereocenters. The minimum atomic E-state index is 0.312. The molecule has 4 aliphatic rings. The number of nitrogens with zero attached hydrogens (tertiary/aromatic N) is 1. The van der Waals surface area contributed by atoms with Gasteiger partial charge >= 0.3 is 0 Å². The molecule has 0 bridgehead atoms. The van der Waals surface area contributed by atoms with Crippen molar-refractivity contribution in [3.63, 3.8) is 0 Å². The van der Waals surface area contributed by atoms with Crippen LogP contribution >= 0.6 is 0 Å². The fourth-order valence-corrected chi connectivity index (χ4v) is 5.28. The molecule has 0 saturated heterocycles. The average molecular weight is 405 g/mol. The Kier molecular flexibility index (Phi) is 4.29. The van der Waals surface area contributed by atoms with Crippen molar-refractivity contribution in [3.8, 4) is 23.0 Å². The van der Waals surface area contributed by atoms with E-state index >= 15 is 0 Å². The number of benzene rings is 2. The van der Waals surface area contributed by atoms with Gasteiger partial charge in [-0.1, -0.05) is 38.7 Å². The van der Waals surface area contributed by atoms with E-state index < -0.39 is 0 Å². The normalized spacial score (nSPS) is 19.8. The van der Waals surface area contributed by atoms with Gasteiger partial charge in [-0.25, -0.2) is 0 Å². The molecule has 156 valence electrons. The molecule has 5 nitrogen and oxygen atoms in total. The molecule has 0 aliphatic carbocycles. The minimum Gasteiger partial charge on any atom is -0.454 e. The first-order chi connectivity index (χ1) is 14.8. The topological polar surface area (TPSA) is 40.2 Å². The Balaban J connectivity index is 1.45. The lowest BCUT2D eigenvalue weighted by atomic mass is 9.84. The number of unbranched alkanes of at least 4 members (excludes halogenated alkanes) is 3. The van der Waals surface area contributed by atoms with Gasteiger partial charge in [0.15, 0.2) is 23.0 Å². The summed E-state index contributed by atoms with van der Waals surface area (Å²) >= 11 is 0. The van der Waals surface area contributed by atoms with Crippen LogP contribution in [0.4, 0.5) is 0 Å². The quantitative estimate of drug-likeness (QED) is 0.612. The zero-order chi connectivity index (χ0) is 20.1. The summed E-state index contributed by atoms with van der Waals surface area (Å²) in [6.45, 7) is 3.89. The number of rotatable bonds is 5. The van der Waals surface area contributed by atoms with Crippen LogP contribution in [0.15, 0.2) is 24.3 Å². The van der Waals surface area contributed by atoms with Crippen molar-refractivity contribution in [2.45, 2.75) is 51.5 Å². The van der Waals surface area contributed by atoms with E-state index in [0.717, 1.165) is 42.4 Å². The maximum atomic E-state index is 5.95. The van der Waals surface area contributed by atoms with Crippen LogP contribution in [0.25, 0.3) is 11.8 Å². The van der Waals surface area contributed by atoms with Crippen molar-refractivity contribution in [1.82, 2.24) is 4.90 Å². The van der Waals surface area contributed by atoms with E-state index in [1.54, 1.807) is 0 Å². The molecule has 0 amide bonds. The van der Waals surface area contributed by atoms with Gasteiger partial charge in [-0.05, 0) is 48.2 Å². The van der Waals surface area contributed by atoms with Crippen molar-refractivity contribution >= 4 is 11.8 Å². The monoisotopic (exact) mass is 405 g/mol. The van der Waals surface area contributed by atoms with Gasteiger partial charge in [0.2, 0.25) is 13.6 Å². The van der Waals surface area contributed by atoms with Crippen LogP contribution in [0.5, 0.6) is 23.0 Å². The van der Waals surface area contributed by atoms with E-state index in [-0.39, 0.29) is 0 Å². The van der Waals surface area contributed by atoms with Crippen LogP contribution < -0.4 is 18.9 Å². The fourth-order valence-electron chi connectivity index (χ4n) is 5.28. The molecule has 5 heteroatoms. The molecule has 4 aliphatic heterocycles. The standard InChI is InChI=1S/C25H27NO4/c1-2-3-4-5-6-19-24-17(7-8-21-25(24)30-15-27-21)11-20-18-13-23-22(28-14-29-23)12-16(18)9-10-26(19)20/h7-8,11-13,19H,2-6,9-10,14-15H2,1H3/t19-/m0/s1. The average Bonchev–Trinajstić information content (AvgIpc) is 3.43. The molecular formula is C25H27NO4. The molecule has 0 radical (unpaired) electrons. The second-order valence-electron chi connectivity index (χ2n) is 8.50. The Morgan fingerprint density at radius 1 is 0.933 bits per heavy atom. The zero-order valence-electron chi connectivity index (χ0n) is 17.4. The number of hydrogen-bond donors (Lipinski definition) is 0. The third-order valence-electron chi connectivity index (χ3n) is 6.75. The highest BCUT2D eigenvalue weighted by molar-refractivity contribution is 5.88. The van der Waals surface area contributed by atoms with Crippen LogP contribution in [0.3, 0.4) is 0 Å². The molecule has 0 saturated carbocycles. The summed E-state index contributed by atoms with van der Waals surface area (Å²) in [4.78, 5) is 2.58. The molecule has 0 N–H and O–H groups in total. The predicted molar refractivity (Wildman–Crippen MR) is 115 cm³/mol. The highest BCUT2D eigenvalue weighted by Crippen LogP contribution is 2.52. The number of ether oxygens (including phenoxy) is 4. The first-order valence-electron chi connectivity index (χ1n) is 11.2. The molecule has 2 aromatic rings. The Bertz CT molecular complexity index is 1030. The highest BCUT2D eigenvalue weighted by atomic mass is 16.7. The summed E-state index contributed by atoms with van der Waals surface area (Å²) in [5.41, 5.74) is 6.45. The first kappa shape index (κ1) is 18.0. The van der Waals surface area contributed by atoms with Gasteiger partial charge in [-0.3, -0.25) is 0 Å². The van der Waals surface area contributed by atoms with Gasteiger partial charge in [0.1, 0.15) is 0 Å². The van der Waals surface area contributed by atoms with Gasteiger partial charge < -0.3 is 23.8 Å². The Hall–Kier alpha value is -2.82. The van der Waals surface area contributed by atoms with E-state index in [4.69, 9.17) is 18.9 Å². The molecule has 0 aromatic heterocycles. The Morgan fingerprint density at radius 2 is 1.77 bits per heavy atom. The maximum Gasteiger partial charge on any atom is 0.231 e. The smallest absolute Gasteiger partial charge is 0.231 e. The third-order valence-corrected chi connectivity index (χ3v) is 6.75. The molecule has 4 heterocycles. The van der Waals surface area contributed by atoms with Crippen molar-refractivity contribution in [1.29, 1.82) is 0 Å². The van der Waals surface area contributed by atoms with Crippen LogP contribution in [-0.4, -0.2) is 25.0 Å². The highest BCUT2D eigenvalue weighted by Gasteiger charge is 2.37. The lowest BCUT2D eigenvalue weighted by Crippen LogP contribution is -2.35. The van der Waals surface area contributed by atoms with Crippen LogP contribution in [0.1, 0.15) is 67.3 Å². The van der Waals surface area contributed by atoms with Crippen LogP contribution in [-0.2, 0) is 6.42 Å². The Morgan fingerprint density at radius 3 is 2.67 bits per heavy atom. The third kappa shape index (κ3) is 2.75. The zero-order valence-corrected chi connectivity index (χ0v) is 17.4. The summed E-state index contributed by atoms with van der Waals surface area (Å²) in [5.74, 6) is 3.55. The van der Waals surface area contributed by atoms with Gasteiger partial charge in [0.25, 0.3) is 0 Å². The fraction of sp³-hybridized carbons (Fsp3) is 0.440. The summed E-state index contributed by atoms with van der Waals surface area (Å²) in [7, 11) is 0. The molecule has 0 spiro atoms. The number of fused-ring (bicyclic) bond motifs is 7. The van der Waals surface area contributed by atoms with E-state index in [2.05, 4.69) is 36.1 Å². The largest absolute Gasteiger partial charge is 0.454 e. The second kappa shape index (κ2) is 7.15. The summed E-state index contributed by atoms with van der Waals surface area (Å²) < 4.78 is 23.0. The summed E-state index contributed by atoms with van der Waals surface area (Å²) in [6.07, 6.45) is 9.50. The first-order valence-corrected chi connectivity index (χ1v) is 11.2. The van der Waals surface area contributed by atoms with Crippen LogP contribution in [0.2, 0.25) is 0 Å². The predicted octanol–water partition coefficient (Wildman–Crippen LogP) is 5.53. The van der Waals surface area contributed by atoms with Gasteiger partial charge in [0.05, 0.1) is 6.04 Å². The molecule has 0 fully saturated rings. The molecule has 30 heavy (non-hydrogen) atoms. The van der Waals surface area contributed by atoms with E-state index in [0.29, 0.717) is 19.6 Å². The van der Waals surface area contributed by atoms with E-state index in [1.807, 2.05) is 6.07 Å². The number of hydrogen-bond acceptors (Lipinski definition) is 5. The summed E-state index contributed by atoms with van der Waals surface area (Å²) in [5, 5.41) is 0. The van der Waals surface area contributed by atoms with Crippen molar-refractivity contribution in [2.75, 3.05) is 20.1 Å². The molecule has 0 unspecified atom stereocenters. The SMILES string of the molecule is CCCCCC[C@H]1c2c(ccc3c2OCO3)C=C2c3cc4c(cc3CCN21)OCO4. The van der Waals surface area contributed by atoms with E-state index in [9.17, 15) is 0 Å². The minimum absolute atomic E-state index is 0.312. The Labute approximate surface area is 177 Å². The second-order valence-corrected chi connectivity index (χ2v) is 8.50. The molecule has 6 rings (SSSR count). The lowest BCUT2D eigenvalue weighted by Gasteiger charge is -2.43. The molecule has 2 aromatic carbocycles. The van der Waals surface area contributed by atoms with E-state index in [1.165, 1.54) is 53.6 Å². The maximum absolute atomic E-state index is 5.95. The van der Waals surface area contributed by atoms with Gasteiger partial charge in [-0.2, -0.15) is 0 Å². The summed E-state index contributed by atoms with van der Waals surface area (Å²) in [6, 6.07) is 8.88. The van der Waals surface area contributed by atoms with Gasteiger partial charge in [-0.15, -0.1) is 0 Å². The van der Waals surface area contributed by atoms with Gasteiger partial charge in [0, 0.05) is 23.4 Å². The molecular weight excluding hydrogens is 378 g/mol. The van der Waals surface area contributed by atoms with Crippen molar-refractivity contribution in [2.24, 2.45) is 0 Å². The van der Waals surface area contributed by atoms with Crippen molar-refractivity contribution in [3.05, 3.63) is 46.5 Å². The van der Waals surface area contributed by atoms with Crippen LogP contribution in [0, 0.1) is 0 Å².